The summed E-state index contributed by atoms with van der Waals surface area (Å²) in [6, 6.07) is 0. The molecular weight excluding hydrogens is 218 g/mol. The molecule has 78 valence electrons. The molecule has 0 atom stereocenters. The maximum absolute atomic E-state index is 11.9. The molecule has 7 heteroatoms. The summed E-state index contributed by atoms with van der Waals surface area (Å²) >= 11 is 5.87. The molecule has 0 bridgehead atoms. The van der Waals surface area contributed by atoms with Crippen LogP contribution in [0.4, 0.5) is 0 Å². The lowest BCUT2D eigenvalue weighted by Gasteiger charge is -2.01. The first-order valence-corrected chi connectivity index (χ1v) is 4.73. The molecule has 0 radical (unpaired) electrons. The quantitative estimate of drug-likeness (QED) is 0.788. The highest BCUT2D eigenvalue weighted by atomic mass is 35.5. The summed E-state index contributed by atoms with van der Waals surface area (Å²) in [5.41, 5.74) is 0.330. The zero-order valence-electron chi connectivity index (χ0n) is 7.94. The fraction of sp³-hybridized carbons (Fsp3) is 0.250. The van der Waals surface area contributed by atoms with Crippen molar-refractivity contribution in [3.05, 3.63) is 29.1 Å². The molecule has 0 aromatic carbocycles. The first kappa shape index (κ1) is 9.85. The van der Waals surface area contributed by atoms with E-state index in [2.05, 4.69) is 20.3 Å². The number of aromatic amines is 1. The molecule has 0 saturated heterocycles. The van der Waals surface area contributed by atoms with E-state index in [1.807, 2.05) is 6.92 Å². The van der Waals surface area contributed by atoms with Crippen LogP contribution in [-0.4, -0.2) is 30.7 Å². The van der Waals surface area contributed by atoms with Crippen molar-refractivity contribution in [1.82, 2.24) is 25.0 Å². The number of carbonyl (C=O) groups is 1. The Morgan fingerprint density at radius 2 is 2.47 bits per heavy atom. The summed E-state index contributed by atoms with van der Waals surface area (Å²) in [6.45, 7) is 2.45. The molecule has 1 N–H and O–H groups in total. The molecule has 0 aliphatic rings. The molecule has 6 nitrogen and oxygen atoms in total. The van der Waals surface area contributed by atoms with Gasteiger partial charge < -0.3 is 0 Å². The molecule has 2 aromatic rings. The summed E-state index contributed by atoms with van der Waals surface area (Å²) in [7, 11) is 0. The third-order valence-corrected chi connectivity index (χ3v) is 2.22. The number of hydrogen-bond acceptors (Lipinski definition) is 4. The molecule has 0 fully saturated rings. The van der Waals surface area contributed by atoms with Gasteiger partial charge in [-0.15, -0.1) is 0 Å². The van der Waals surface area contributed by atoms with Gasteiger partial charge in [0.25, 0.3) is 0 Å². The monoisotopic (exact) mass is 225 g/mol. The van der Waals surface area contributed by atoms with Gasteiger partial charge in [-0.1, -0.05) is 11.6 Å². The number of rotatable bonds is 3. The zero-order valence-corrected chi connectivity index (χ0v) is 8.69. The number of carbonyl (C=O) groups excluding carboxylic acids is 1. The van der Waals surface area contributed by atoms with Crippen molar-refractivity contribution in [2.24, 2.45) is 0 Å². The Balaban J connectivity index is 2.45. The third kappa shape index (κ3) is 1.63. The normalized spacial score (nSPS) is 10.5. The Morgan fingerprint density at radius 1 is 1.67 bits per heavy atom. The number of H-pyrrole nitrogens is 1. The topological polar surface area (TPSA) is 76.5 Å². The molecule has 0 aliphatic heterocycles. The zero-order chi connectivity index (χ0) is 10.8. The Bertz CT molecular complexity index is 475. The van der Waals surface area contributed by atoms with E-state index in [0.29, 0.717) is 17.3 Å². The van der Waals surface area contributed by atoms with Gasteiger partial charge >= 0.3 is 0 Å². The van der Waals surface area contributed by atoms with Gasteiger partial charge in [-0.3, -0.25) is 14.6 Å². The van der Waals surface area contributed by atoms with E-state index in [0.717, 1.165) is 0 Å². The van der Waals surface area contributed by atoms with Crippen LogP contribution in [0, 0.1) is 0 Å². The fourth-order valence-electron chi connectivity index (χ4n) is 1.26. The number of nitrogens with zero attached hydrogens (tertiary/aromatic N) is 4. The lowest BCUT2D eigenvalue weighted by molar-refractivity contribution is 0.102. The van der Waals surface area contributed by atoms with Gasteiger partial charge in [0.2, 0.25) is 5.78 Å². The van der Waals surface area contributed by atoms with E-state index in [4.69, 9.17) is 11.6 Å². The number of halogens is 1. The summed E-state index contributed by atoms with van der Waals surface area (Å²) in [4.78, 5) is 15.7. The van der Waals surface area contributed by atoms with Gasteiger partial charge in [-0.2, -0.15) is 10.2 Å². The molecular formula is C8H8ClN5O. The highest BCUT2D eigenvalue weighted by Crippen LogP contribution is 2.17. The van der Waals surface area contributed by atoms with Crippen LogP contribution in [0.5, 0.6) is 0 Å². The standard InChI is InChI=1S/C8H8ClN5O/c1-2-14-6(5(9)3-12-14)7(15)8-10-4-11-13-8/h3-4H,2H2,1H3,(H,10,11,13). The van der Waals surface area contributed by atoms with E-state index in [-0.39, 0.29) is 11.6 Å². The largest absolute Gasteiger partial charge is 0.283 e. The van der Waals surface area contributed by atoms with Crippen LogP contribution < -0.4 is 0 Å². The Morgan fingerprint density at radius 3 is 3.07 bits per heavy atom. The summed E-state index contributed by atoms with van der Waals surface area (Å²) in [5.74, 6) is -0.149. The molecule has 2 aromatic heterocycles. The summed E-state index contributed by atoms with van der Waals surface area (Å²) in [6.07, 6.45) is 2.71. The molecule has 0 spiro atoms. The fourth-order valence-corrected chi connectivity index (χ4v) is 1.48. The van der Waals surface area contributed by atoms with Gasteiger partial charge in [0, 0.05) is 6.54 Å². The SMILES string of the molecule is CCn1ncc(Cl)c1C(=O)c1ncn[nH]1. The van der Waals surface area contributed by atoms with Crippen LogP contribution >= 0.6 is 11.6 Å². The maximum Gasteiger partial charge on any atom is 0.249 e. The molecule has 0 amide bonds. The number of hydrogen-bond donors (Lipinski definition) is 1. The maximum atomic E-state index is 11.9. The van der Waals surface area contributed by atoms with Crippen molar-refractivity contribution in [1.29, 1.82) is 0 Å². The van der Waals surface area contributed by atoms with Crippen LogP contribution in [0.2, 0.25) is 5.02 Å². The number of aromatic nitrogens is 5. The van der Waals surface area contributed by atoms with Gasteiger partial charge in [0.15, 0.2) is 5.82 Å². The number of ketones is 1. The van der Waals surface area contributed by atoms with Crippen molar-refractivity contribution in [2.75, 3.05) is 0 Å². The summed E-state index contributed by atoms with van der Waals surface area (Å²) in [5, 5.41) is 10.4. The van der Waals surface area contributed by atoms with Crippen LogP contribution in [0.3, 0.4) is 0 Å². The van der Waals surface area contributed by atoms with E-state index >= 15 is 0 Å². The Hall–Kier alpha value is -1.69. The average Bonchev–Trinajstić information content (AvgIpc) is 2.85. The highest BCUT2D eigenvalue weighted by molar-refractivity contribution is 6.34. The first-order chi connectivity index (χ1) is 7.24. The number of aryl methyl sites for hydroxylation is 1. The van der Waals surface area contributed by atoms with Crippen molar-refractivity contribution in [3.63, 3.8) is 0 Å². The Kier molecular flexibility index (Phi) is 2.51. The molecule has 0 saturated carbocycles. The minimum atomic E-state index is -0.308. The predicted octanol–water partition coefficient (Wildman–Crippen LogP) is 0.905. The van der Waals surface area contributed by atoms with Gasteiger partial charge in [0.05, 0.1) is 11.2 Å². The smallest absolute Gasteiger partial charge is 0.249 e. The lowest BCUT2D eigenvalue weighted by atomic mass is 10.2. The number of nitrogens with one attached hydrogen (secondary N) is 1. The minimum Gasteiger partial charge on any atom is -0.283 e. The van der Waals surface area contributed by atoms with Crippen molar-refractivity contribution >= 4 is 17.4 Å². The van der Waals surface area contributed by atoms with Crippen LogP contribution in [0.15, 0.2) is 12.5 Å². The molecule has 2 rings (SSSR count). The van der Waals surface area contributed by atoms with E-state index < -0.39 is 0 Å². The third-order valence-electron chi connectivity index (χ3n) is 1.94. The van der Waals surface area contributed by atoms with Crippen molar-refractivity contribution in [2.45, 2.75) is 13.5 Å². The van der Waals surface area contributed by atoms with Gasteiger partial charge in [-0.05, 0) is 6.92 Å². The molecule has 15 heavy (non-hydrogen) atoms. The average molecular weight is 226 g/mol. The van der Waals surface area contributed by atoms with E-state index in [1.54, 1.807) is 0 Å². The van der Waals surface area contributed by atoms with Crippen molar-refractivity contribution in [3.8, 4) is 0 Å². The Labute approximate surface area is 90.3 Å². The minimum absolute atomic E-state index is 0.159. The highest BCUT2D eigenvalue weighted by Gasteiger charge is 2.20. The molecule has 0 unspecified atom stereocenters. The van der Waals surface area contributed by atoms with Gasteiger partial charge in [0.1, 0.15) is 12.0 Å². The van der Waals surface area contributed by atoms with Gasteiger partial charge in [-0.25, -0.2) is 4.98 Å². The summed E-state index contributed by atoms with van der Waals surface area (Å²) < 4.78 is 1.52. The van der Waals surface area contributed by atoms with Crippen LogP contribution in [0.1, 0.15) is 23.2 Å². The van der Waals surface area contributed by atoms with E-state index in [9.17, 15) is 4.79 Å². The van der Waals surface area contributed by atoms with Crippen LogP contribution in [0.25, 0.3) is 0 Å². The molecule has 0 aliphatic carbocycles. The second-order valence-electron chi connectivity index (χ2n) is 2.82. The lowest BCUT2D eigenvalue weighted by Crippen LogP contribution is -2.12. The van der Waals surface area contributed by atoms with Crippen LogP contribution in [-0.2, 0) is 6.54 Å². The second kappa shape index (κ2) is 3.82. The molecule has 2 heterocycles. The van der Waals surface area contributed by atoms with E-state index in [1.165, 1.54) is 17.2 Å². The first-order valence-electron chi connectivity index (χ1n) is 4.35. The second-order valence-corrected chi connectivity index (χ2v) is 3.23. The van der Waals surface area contributed by atoms with Crippen molar-refractivity contribution < 1.29 is 4.79 Å². The predicted molar refractivity (Wildman–Crippen MR) is 52.7 cm³/mol.